The predicted molar refractivity (Wildman–Crippen MR) is 47.3 cm³/mol. The number of aryl methyl sites for hydroxylation is 1. The number of anilines is 1. The third kappa shape index (κ3) is 0.845. The Morgan fingerprint density at radius 2 is 2.25 bits per heavy atom. The van der Waals surface area contributed by atoms with Gasteiger partial charge in [-0.2, -0.15) is 4.52 Å². The van der Waals surface area contributed by atoms with Crippen molar-refractivity contribution < 1.29 is 0 Å². The van der Waals surface area contributed by atoms with Crippen LogP contribution in [0.4, 0.5) is 5.82 Å². The monoisotopic (exact) mass is 162 g/mol. The lowest BCUT2D eigenvalue weighted by atomic mass is 10.3. The molecule has 0 radical (unpaired) electrons. The molecule has 2 rings (SSSR count). The Kier molecular flexibility index (Phi) is 1.46. The molecule has 12 heavy (non-hydrogen) atoms. The number of aromatic nitrogens is 3. The molecule has 0 aliphatic rings. The first-order valence-electron chi connectivity index (χ1n) is 3.81. The van der Waals surface area contributed by atoms with Gasteiger partial charge < -0.3 is 5.32 Å². The molecule has 0 saturated carbocycles. The zero-order valence-corrected chi connectivity index (χ0v) is 7.07. The lowest BCUT2D eigenvalue weighted by molar-refractivity contribution is 0.853. The van der Waals surface area contributed by atoms with Crippen molar-refractivity contribution in [2.75, 3.05) is 12.4 Å². The summed E-state index contributed by atoms with van der Waals surface area (Å²) in [5.41, 5.74) is 1.99. The molecule has 0 unspecified atom stereocenters. The van der Waals surface area contributed by atoms with E-state index in [1.54, 1.807) is 4.52 Å². The maximum Gasteiger partial charge on any atom is 0.129 e. The fraction of sp³-hybridized carbons (Fsp3) is 0.250. The van der Waals surface area contributed by atoms with Crippen molar-refractivity contribution >= 4 is 11.3 Å². The molecule has 0 fully saturated rings. The minimum Gasteiger partial charge on any atom is -0.373 e. The quantitative estimate of drug-likeness (QED) is 0.682. The highest BCUT2D eigenvalue weighted by Gasteiger charge is 2.02. The Labute approximate surface area is 70.2 Å². The van der Waals surface area contributed by atoms with E-state index >= 15 is 0 Å². The molecular formula is C8H10N4. The molecule has 0 atom stereocenters. The second-order valence-electron chi connectivity index (χ2n) is 2.63. The fourth-order valence-electron chi connectivity index (χ4n) is 1.22. The van der Waals surface area contributed by atoms with Crippen LogP contribution in [0.15, 0.2) is 18.2 Å². The Bertz CT molecular complexity index is 404. The van der Waals surface area contributed by atoms with Crippen molar-refractivity contribution in [3.8, 4) is 0 Å². The van der Waals surface area contributed by atoms with Gasteiger partial charge >= 0.3 is 0 Å². The summed E-state index contributed by atoms with van der Waals surface area (Å²) >= 11 is 0. The first-order chi connectivity index (χ1) is 5.83. The van der Waals surface area contributed by atoms with Crippen LogP contribution in [0.2, 0.25) is 0 Å². The molecular weight excluding hydrogens is 152 g/mol. The highest BCUT2D eigenvalue weighted by atomic mass is 15.4. The Balaban J connectivity index is 2.81. The average Bonchev–Trinajstić information content (AvgIpc) is 2.48. The molecule has 1 N–H and O–H groups in total. The molecule has 0 amide bonds. The van der Waals surface area contributed by atoms with Crippen molar-refractivity contribution in [1.82, 2.24) is 14.8 Å². The van der Waals surface area contributed by atoms with Crippen molar-refractivity contribution in [2.45, 2.75) is 6.92 Å². The van der Waals surface area contributed by atoms with Crippen LogP contribution in [-0.4, -0.2) is 21.9 Å². The van der Waals surface area contributed by atoms with Gasteiger partial charge in [0.15, 0.2) is 0 Å². The zero-order valence-electron chi connectivity index (χ0n) is 7.07. The Hall–Kier alpha value is -1.58. The van der Waals surface area contributed by atoms with E-state index < -0.39 is 0 Å². The van der Waals surface area contributed by atoms with Gasteiger partial charge in [-0.15, -0.1) is 5.10 Å². The SMILES string of the molecule is CNc1cccc2c(C)nnn12. The average molecular weight is 162 g/mol. The van der Waals surface area contributed by atoms with Crippen molar-refractivity contribution in [3.63, 3.8) is 0 Å². The molecule has 2 aromatic heterocycles. The third-order valence-corrected chi connectivity index (χ3v) is 1.88. The molecule has 2 heterocycles. The molecule has 0 bridgehead atoms. The minimum atomic E-state index is 0.951. The summed E-state index contributed by atoms with van der Waals surface area (Å²) in [7, 11) is 1.87. The largest absolute Gasteiger partial charge is 0.373 e. The lowest BCUT2D eigenvalue weighted by Gasteiger charge is -2.00. The van der Waals surface area contributed by atoms with E-state index in [-0.39, 0.29) is 0 Å². The lowest BCUT2D eigenvalue weighted by Crippen LogP contribution is -1.98. The molecule has 62 valence electrons. The maximum absolute atomic E-state index is 3.99. The van der Waals surface area contributed by atoms with E-state index in [0.29, 0.717) is 0 Å². The van der Waals surface area contributed by atoms with Gasteiger partial charge in [0.1, 0.15) is 5.82 Å². The predicted octanol–water partition coefficient (Wildman–Crippen LogP) is 1.08. The van der Waals surface area contributed by atoms with Crippen molar-refractivity contribution in [2.24, 2.45) is 0 Å². The number of pyridine rings is 1. The highest BCUT2D eigenvalue weighted by molar-refractivity contribution is 5.55. The van der Waals surface area contributed by atoms with Crippen LogP contribution in [0.1, 0.15) is 5.69 Å². The zero-order chi connectivity index (χ0) is 8.55. The molecule has 0 aromatic carbocycles. The fourth-order valence-corrected chi connectivity index (χ4v) is 1.22. The van der Waals surface area contributed by atoms with Crippen LogP contribution >= 0.6 is 0 Å². The second-order valence-corrected chi connectivity index (χ2v) is 2.63. The smallest absolute Gasteiger partial charge is 0.129 e. The normalized spacial score (nSPS) is 10.5. The minimum absolute atomic E-state index is 0.951. The highest BCUT2D eigenvalue weighted by Crippen LogP contribution is 2.11. The summed E-state index contributed by atoms with van der Waals surface area (Å²) in [4.78, 5) is 0. The molecule has 0 aliphatic heterocycles. The van der Waals surface area contributed by atoms with Crippen LogP contribution in [0.25, 0.3) is 5.52 Å². The summed E-state index contributed by atoms with van der Waals surface area (Å²) in [5.74, 6) is 0.952. The summed E-state index contributed by atoms with van der Waals surface area (Å²) < 4.78 is 1.79. The standard InChI is InChI=1S/C8H10N4/c1-6-7-4-3-5-8(9-2)12(7)11-10-6/h3-5,9H,1-2H3. The first-order valence-corrected chi connectivity index (χ1v) is 3.81. The van der Waals surface area contributed by atoms with E-state index in [1.807, 2.05) is 32.2 Å². The van der Waals surface area contributed by atoms with Crippen molar-refractivity contribution in [1.29, 1.82) is 0 Å². The number of nitrogens with zero attached hydrogens (tertiary/aromatic N) is 3. The van der Waals surface area contributed by atoms with Gasteiger partial charge in [-0.1, -0.05) is 11.3 Å². The second kappa shape index (κ2) is 2.48. The summed E-state index contributed by atoms with van der Waals surface area (Å²) in [6.07, 6.45) is 0. The first kappa shape index (κ1) is 7.09. The van der Waals surface area contributed by atoms with E-state index in [1.165, 1.54) is 0 Å². The van der Waals surface area contributed by atoms with Crippen LogP contribution in [-0.2, 0) is 0 Å². The number of nitrogens with one attached hydrogen (secondary N) is 1. The third-order valence-electron chi connectivity index (χ3n) is 1.88. The Morgan fingerprint density at radius 3 is 3.00 bits per heavy atom. The summed E-state index contributed by atoms with van der Waals surface area (Å²) in [6.45, 7) is 1.95. The summed E-state index contributed by atoms with van der Waals surface area (Å²) in [5, 5.41) is 11.0. The van der Waals surface area contributed by atoms with E-state index in [4.69, 9.17) is 0 Å². The van der Waals surface area contributed by atoms with E-state index in [0.717, 1.165) is 17.0 Å². The van der Waals surface area contributed by atoms with Gasteiger partial charge in [0, 0.05) is 7.05 Å². The van der Waals surface area contributed by atoms with Gasteiger partial charge in [0.05, 0.1) is 11.2 Å². The molecule has 4 heteroatoms. The van der Waals surface area contributed by atoms with Gasteiger partial charge in [0.25, 0.3) is 0 Å². The van der Waals surface area contributed by atoms with Gasteiger partial charge in [0.2, 0.25) is 0 Å². The van der Waals surface area contributed by atoms with Crippen LogP contribution in [0.3, 0.4) is 0 Å². The topological polar surface area (TPSA) is 42.2 Å². The van der Waals surface area contributed by atoms with E-state index in [9.17, 15) is 0 Å². The molecule has 0 saturated heterocycles. The van der Waals surface area contributed by atoms with Gasteiger partial charge in [-0.25, -0.2) is 0 Å². The number of hydrogen-bond acceptors (Lipinski definition) is 3. The number of hydrogen-bond donors (Lipinski definition) is 1. The van der Waals surface area contributed by atoms with Crippen molar-refractivity contribution in [3.05, 3.63) is 23.9 Å². The number of fused-ring (bicyclic) bond motifs is 1. The van der Waals surface area contributed by atoms with Gasteiger partial charge in [-0.3, -0.25) is 0 Å². The van der Waals surface area contributed by atoms with Crippen LogP contribution in [0, 0.1) is 6.92 Å². The van der Waals surface area contributed by atoms with Crippen LogP contribution < -0.4 is 5.32 Å². The Morgan fingerprint density at radius 1 is 1.42 bits per heavy atom. The molecule has 0 aliphatic carbocycles. The molecule has 0 spiro atoms. The van der Waals surface area contributed by atoms with Gasteiger partial charge in [-0.05, 0) is 19.1 Å². The van der Waals surface area contributed by atoms with Crippen LogP contribution in [0.5, 0.6) is 0 Å². The number of rotatable bonds is 1. The molecule has 2 aromatic rings. The summed E-state index contributed by atoms with van der Waals surface area (Å²) in [6, 6.07) is 5.94. The van der Waals surface area contributed by atoms with E-state index in [2.05, 4.69) is 15.6 Å². The molecule has 4 nitrogen and oxygen atoms in total. The maximum atomic E-state index is 3.99.